The number of rotatable bonds is 7. The van der Waals surface area contributed by atoms with Crippen LogP contribution in [0.15, 0.2) is 54.1 Å². The lowest BCUT2D eigenvalue weighted by atomic mass is 10.1. The number of hydrogen-bond donors (Lipinski definition) is 0. The molecule has 0 aliphatic carbocycles. The van der Waals surface area contributed by atoms with Crippen LogP contribution in [0.3, 0.4) is 0 Å². The molecule has 0 heterocycles. The summed E-state index contributed by atoms with van der Waals surface area (Å²) in [5.41, 5.74) is 2.36. The van der Waals surface area contributed by atoms with E-state index in [2.05, 4.69) is 19.1 Å². The molecule has 0 N–H and O–H groups in total. The Kier molecular flexibility index (Phi) is 7.41. The van der Waals surface area contributed by atoms with Crippen molar-refractivity contribution in [3.05, 3.63) is 59.7 Å². The van der Waals surface area contributed by atoms with Crippen molar-refractivity contribution in [2.24, 2.45) is 0 Å². The summed E-state index contributed by atoms with van der Waals surface area (Å²) in [6, 6.07) is 9.65. The first kappa shape index (κ1) is 16.2. The minimum atomic E-state index is -0.182. The zero-order chi connectivity index (χ0) is 14.8. The van der Waals surface area contributed by atoms with Crippen molar-refractivity contribution in [3.8, 4) is 0 Å². The predicted octanol–water partition coefficient (Wildman–Crippen LogP) is 4.46. The van der Waals surface area contributed by atoms with Gasteiger partial charge in [-0.3, -0.25) is 4.79 Å². The summed E-state index contributed by atoms with van der Waals surface area (Å²) in [7, 11) is 0. The second-order valence-electron chi connectivity index (χ2n) is 4.96. The van der Waals surface area contributed by atoms with Gasteiger partial charge in [-0.25, -0.2) is 0 Å². The molecule has 1 rings (SSSR count). The molecule has 0 saturated carbocycles. The Labute approximate surface area is 122 Å². The van der Waals surface area contributed by atoms with E-state index in [0.29, 0.717) is 6.42 Å². The Bertz CT molecular complexity index is 458. The van der Waals surface area contributed by atoms with E-state index in [-0.39, 0.29) is 12.1 Å². The van der Waals surface area contributed by atoms with Gasteiger partial charge in [0.15, 0.2) is 0 Å². The summed E-state index contributed by atoms with van der Waals surface area (Å²) in [5.74, 6) is -0.182. The van der Waals surface area contributed by atoms with E-state index in [1.165, 1.54) is 5.57 Å². The van der Waals surface area contributed by atoms with Crippen molar-refractivity contribution >= 4 is 5.97 Å². The molecule has 2 nitrogen and oxygen atoms in total. The summed E-state index contributed by atoms with van der Waals surface area (Å²) in [5, 5.41) is 0. The minimum absolute atomic E-state index is 0.169. The van der Waals surface area contributed by atoms with Gasteiger partial charge in [0.25, 0.3) is 0 Å². The lowest BCUT2D eigenvalue weighted by molar-refractivity contribution is -0.145. The number of ether oxygens (including phenoxy) is 1. The summed E-state index contributed by atoms with van der Waals surface area (Å²) in [4.78, 5) is 11.7. The summed E-state index contributed by atoms with van der Waals surface area (Å²) in [6.45, 7) is 6.06. The number of esters is 1. The predicted molar refractivity (Wildman–Crippen MR) is 83.5 cm³/mol. The largest absolute Gasteiger partial charge is 0.458 e. The molecule has 0 aromatic heterocycles. The number of carbonyl (C=O) groups is 1. The molecule has 1 aromatic rings. The fraction of sp³-hybridized carbons (Fsp3) is 0.389. The molecule has 2 heteroatoms. The van der Waals surface area contributed by atoms with Gasteiger partial charge in [-0.15, -0.1) is 0 Å². The second kappa shape index (κ2) is 9.13. The van der Waals surface area contributed by atoms with Crippen LogP contribution in [0.1, 0.15) is 39.2 Å². The molecule has 1 unspecified atom stereocenters. The number of benzene rings is 1. The van der Waals surface area contributed by atoms with E-state index < -0.39 is 0 Å². The van der Waals surface area contributed by atoms with Crippen LogP contribution >= 0.6 is 0 Å². The highest BCUT2D eigenvalue weighted by Crippen LogP contribution is 2.06. The Morgan fingerprint density at radius 1 is 1.30 bits per heavy atom. The highest BCUT2D eigenvalue weighted by molar-refractivity contribution is 5.72. The van der Waals surface area contributed by atoms with Crippen LogP contribution in [0.2, 0.25) is 0 Å². The van der Waals surface area contributed by atoms with Gasteiger partial charge in [-0.2, -0.15) is 0 Å². The minimum Gasteiger partial charge on any atom is -0.458 e. The van der Waals surface area contributed by atoms with E-state index in [4.69, 9.17) is 4.74 Å². The van der Waals surface area contributed by atoms with E-state index in [0.717, 1.165) is 18.4 Å². The van der Waals surface area contributed by atoms with E-state index >= 15 is 0 Å². The Hall–Kier alpha value is -1.83. The second-order valence-corrected chi connectivity index (χ2v) is 4.96. The van der Waals surface area contributed by atoms with Crippen LogP contribution in [-0.2, 0) is 16.0 Å². The first-order valence-electron chi connectivity index (χ1n) is 7.13. The van der Waals surface area contributed by atoms with Gasteiger partial charge in [0.1, 0.15) is 6.10 Å². The zero-order valence-corrected chi connectivity index (χ0v) is 12.6. The summed E-state index contributed by atoms with van der Waals surface area (Å²) < 4.78 is 5.35. The molecule has 0 saturated heterocycles. The van der Waals surface area contributed by atoms with Crippen molar-refractivity contribution in [1.29, 1.82) is 0 Å². The molecular weight excluding hydrogens is 248 g/mol. The smallest absolute Gasteiger partial charge is 0.310 e. The molecule has 0 radical (unpaired) electrons. The van der Waals surface area contributed by atoms with Crippen molar-refractivity contribution in [1.82, 2.24) is 0 Å². The molecule has 1 atom stereocenters. The normalized spacial score (nSPS) is 13.4. The Morgan fingerprint density at radius 2 is 2.00 bits per heavy atom. The lowest BCUT2D eigenvalue weighted by Gasteiger charge is -2.09. The summed E-state index contributed by atoms with van der Waals surface area (Å²) >= 11 is 0. The van der Waals surface area contributed by atoms with Crippen molar-refractivity contribution < 1.29 is 9.53 Å². The molecule has 1 aromatic carbocycles. The van der Waals surface area contributed by atoms with Crippen molar-refractivity contribution in [2.45, 2.75) is 46.1 Å². The molecule has 0 fully saturated rings. The third-order valence-electron chi connectivity index (χ3n) is 3.11. The van der Waals surface area contributed by atoms with Crippen LogP contribution in [0.5, 0.6) is 0 Å². The van der Waals surface area contributed by atoms with Gasteiger partial charge in [-0.05, 0) is 45.3 Å². The molecule has 0 bridgehead atoms. The topological polar surface area (TPSA) is 26.3 Å². The standard InChI is InChI=1S/C18H24O2/c1-4-15(2)10-8-9-11-16(3)20-18(19)14-17-12-6-5-7-13-17/h4-7,9,11-13,16H,8,10,14H2,1-3H3/b11-9+,15-4+. The van der Waals surface area contributed by atoms with Crippen molar-refractivity contribution in [2.75, 3.05) is 0 Å². The number of carbonyl (C=O) groups excluding carboxylic acids is 1. The lowest BCUT2D eigenvalue weighted by Crippen LogP contribution is -2.14. The van der Waals surface area contributed by atoms with E-state index in [1.807, 2.05) is 50.3 Å². The van der Waals surface area contributed by atoms with Gasteiger partial charge in [0, 0.05) is 0 Å². The SMILES string of the molecule is C/C=C(\C)CC/C=C/C(C)OC(=O)Cc1ccccc1. The van der Waals surface area contributed by atoms with Gasteiger partial charge in [0.05, 0.1) is 6.42 Å². The van der Waals surface area contributed by atoms with Crippen LogP contribution in [0.25, 0.3) is 0 Å². The third-order valence-corrected chi connectivity index (χ3v) is 3.11. The molecular formula is C18H24O2. The van der Waals surface area contributed by atoms with Crippen LogP contribution in [0, 0.1) is 0 Å². The average molecular weight is 272 g/mol. The molecule has 0 aliphatic rings. The fourth-order valence-electron chi connectivity index (χ4n) is 1.79. The first-order chi connectivity index (χ1) is 9.61. The highest BCUT2D eigenvalue weighted by atomic mass is 16.5. The molecule has 0 amide bonds. The maximum atomic E-state index is 11.7. The molecule has 0 aliphatic heterocycles. The molecule has 0 spiro atoms. The van der Waals surface area contributed by atoms with Crippen LogP contribution < -0.4 is 0 Å². The van der Waals surface area contributed by atoms with Gasteiger partial charge >= 0.3 is 5.97 Å². The maximum absolute atomic E-state index is 11.7. The average Bonchev–Trinajstić information content (AvgIpc) is 2.44. The highest BCUT2D eigenvalue weighted by Gasteiger charge is 2.07. The number of allylic oxidation sites excluding steroid dienone is 3. The van der Waals surface area contributed by atoms with Gasteiger partial charge in [0.2, 0.25) is 0 Å². The maximum Gasteiger partial charge on any atom is 0.310 e. The Balaban J connectivity index is 2.29. The first-order valence-corrected chi connectivity index (χ1v) is 7.13. The molecule has 20 heavy (non-hydrogen) atoms. The van der Waals surface area contributed by atoms with Crippen LogP contribution in [-0.4, -0.2) is 12.1 Å². The van der Waals surface area contributed by atoms with Gasteiger partial charge in [-0.1, -0.05) is 48.1 Å². The van der Waals surface area contributed by atoms with E-state index in [9.17, 15) is 4.79 Å². The Morgan fingerprint density at radius 3 is 2.65 bits per heavy atom. The fourth-order valence-corrected chi connectivity index (χ4v) is 1.79. The zero-order valence-electron chi connectivity index (χ0n) is 12.6. The third kappa shape index (κ3) is 6.93. The summed E-state index contributed by atoms with van der Waals surface area (Å²) in [6.07, 6.45) is 8.35. The number of hydrogen-bond acceptors (Lipinski definition) is 2. The van der Waals surface area contributed by atoms with Gasteiger partial charge < -0.3 is 4.74 Å². The monoisotopic (exact) mass is 272 g/mol. The van der Waals surface area contributed by atoms with E-state index in [1.54, 1.807) is 0 Å². The van der Waals surface area contributed by atoms with Crippen molar-refractivity contribution in [3.63, 3.8) is 0 Å². The molecule has 108 valence electrons. The van der Waals surface area contributed by atoms with Crippen LogP contribution in [0.4, 0.5) is 0 Å². The quantitative estimate of drug-likeness (QED) is 0.541.